The molecule has 0 saturated carbocycles. The molecule has 0 aliphatic heterocycles. The number of rotatable bonds is 14. The third kappa shape index (κ3) is 7.99. The minimum absolute atomic E-state index is 0.167. The molecule has 0 aromatic heterocycles. The summed E-state index contributed by atoms with van der Waals surface area (Å²) in [6, 6.07) is 15.7. The maximum Gasteiger partial charge on any atom is 0.119 e. The van der Waals surface area contributed by atoms with Crippen LogP contribution in [0.2, 0.25) is 0 Å². The molecule has 0 bridgehead atoms. The van der Waals surface area contributed by atoms with Crippen LogP contribution in [0.3, 0.4) is 0 Å². The van der Waals surface area contributed by atoms with Crippen molar-refractivity contribution in [2.45, 2.75) is 31.5 Å². The van der Waals surface area contributed by atoms with Crippen LogP contribution < -0.4 is 9.47 Å². The molecule has 6 heteroatoms. The molecule has 0 heterocycles. The monoisotopic (exact) mass is 430 g/mol. The molecule has 0 amide bonds. The second-order valence-corrected chi connectivity index (χ2v) is 7.88. The zero-order chi connectivity index (χ0) is 22.7. The molecule has 0 aliphatic carbocycles. The van der Waals surface area contributed by atoms with Crippen molar-refractivity contribution >= 4 is 0 Å². The van der Waals surface area contributed by atoms with Crippen molar-refractivity contribution in [3.8, 4) is 11.5 Å². The largest absolute Gasteiger partial charge is 0.491 e. The lowest BCUT2D eigenvalue weighted by molar-refractivity contribution is 0.0214. The van der Waals surface area contributed by atoms with E-state index in [4.69, 9.17) is 18.9 Å². The van der Waals surface area contributed by atoms with Gasteiger partial charge in [0.1, 0.15) is 36.9 Å². The smallest absolute Gasteiger partial charge is 0.119 e. The van der Waals surface area contributed by atoms with Gasteiger partial charge in [-0.2, -0.15) is 0 Å². The Bertz CT molecular complexity index is 770. The van der Waals surface area contributed by atoms with E-state index in [0.717, 1.165) is 11.1 Å². The highest BCUT2D eigenvalue weighted by atomic mass is 16.5. The van der Waals surface area contributed by atoms with Crippen LogP contribution in [0.15, 0.2) is 61.2 Å². The highest BCUT2D eigenvalue weighted by molar-refractivity contribution is 5.41. The normalized spacial score (nSPS) is 13.5. The van der Waals surface area contributed by atoms with E-state index in [1.165, 1.54) is 0 Å². The Balaban J connectivity index is 1.93. The number of benzene rings is 2. The molecule has 0 spiro atoms. The van der Waals surface area contributed by atoms with Gasteiger partial charge in [-0.3, -0.25) is 0 Å². The molecule has 2 rings (SSSR count). The summed E-state index contributed by atoms with van der Waals surface area (Å²) in [6.07, 6.45) is 0.303. The van der Waals surface area contributed by atoms with Gasteiger partial charge in [0.05, 0.1) is 19.8 Å². The van der Waals surface area contributed by atoms with Gasteiger partial charge in [-0.1, -0.05) is 44.2 Å². The minimum atomic E-state index is -0.688. The molecule has 6 nitrogen and oxygen atoms in total. The Morgan fingerprint density at radius 3 is 1.68 bits per heavy atom. The number of hydrogen-bond donors (Lipinski definition) is 2. The molecule has 2 N–H and O–H groups in total. The molecular formula is C25H34O6. The topological polar surface area (TPSA) is 77.4 Å². The van der Waals surface area contributed by atoms with Gasteiger partial charge < -0.3 is 29.2 Å². The second-order valence-electron chi connectivity index (χ2n) is 7.88. The number of ether oxygens (including phenoxy) is 4. The summed E-state index contributed by atoms with van der Waals surface area (Å²) in [5.41, 5.74) is 2.06. The summed E-state index contributed by atoms with van der Waals surface area (Å²) < 4.78 is 21.4. The summed E-state index contributed by atoms with van der Waals surface area (Å²) in [6.45, 7) is 9.09. The van der Waals surface area contributed by atoms with Gasteiger partial charge >= 0.3 is 0 Å². The zero-order valence-electron chi connectivity index (χ0n) is 18.6. The van der Waals surface area contributed by atoms with Crippen molar-refractivity contribution in [1.29, 1.82) is 0 Å². The van der Waals surface area contributed by atoms with Gasteiger partial charge in [0.15, 0.2) is 0 Å². The predicted molar refractivity (Wildman–Crippen MR) is 121 cm³/mol. The van der Waals surface area contributed by atoms with Crippen LogP contribution in [0.1, 0.15) is 25.0 Å². The molecule has 2 aromatic rings. The Morgan fingerprint density at radius 2 is 1.26 bits per heavy atom. The van der Waals surface area contributed by atoms with Crippen LogP contribution in [-0.2, 0) is 14.9 Å². The van der Waals surface area contributed by atoms with Crippen LogP contribution >= 0.6 is 0 Å². The molecule has 0 radical (unpaired) electrons. The predicted octanol–water partition coefficient (Wildman–Crippen LogP) is 3.34. The van der Waals surface area contributed by atoms with Gasteiger partial charge in [0, 0.05) is 12.5 Å². The van der Waals surface area contributed by atoms with Gasteiger partial charge in [-0.25, -0.2) is 0 Å². The molecule has 0 saturated heterocycles. The Labute approximate surface area is 185 Å². The van der Waals surface area contributed by atoms with Crippen LogP contribution in [0, 0.1) is 0 Å². The summed E-state index contributed by atoms with van der Waals surface area (Å²) in [7, 11) is 1.54. The van der Waals surface area contributed by atoms with E-state index < -0.39 is 12.2 Å². The molecule has 170 valence electrons. The van der Waals surface area contributed by atoms with E-state index in [-0.39, 0.29) is 31.8 Å². The SMILES string of the molecule is C=CCOCC(O)COc1ccc(C(C)(C)c2ccc(OCC(O)COC)cc2)cc1. The maximum atomic E-state index is 9.87. The molecular weight excluding hydrogens is 396 g/mol. The summed E-state index contributed by atoms with van der Waals surface area (Å²) >= 11 is 0. The zero-order valence-corrected chi connectivity index (χ0v) is 18.6. The Hall–Kier alpha value is -2.38. The minimum Gasteiger partial charge on any atom is -0.491 e. The summed E-state index contributed by atoms with van der Waals surface area (Å²) in [5.74, 6) is 1.40. The van der Waals surface area contributed by atoms with Gasteiger partial charge in [-0.05, 0) is 35.4 Å². The fourth-order valence-electron chi connectivity index (χ4n) is 3.06. The van der Waals surface area contributed by atoms with Crippen LogP contribution in [-0.4, -0.2) is 62.6 Å². The van der Waals surface area contributed by atoms with E-state index in [9.17, 15) is 10.2 Å². The number of aliphatic hydroxyl groups excluding tert-OH is 2. The van der Waals surface area contributed by atoms with Gasteiger partial charge in [-0.15, -0.1) is 6.58 Å². The molecule has 0 fully saturated rings. The first-order valence-corrected chi connectivity index (χ1v) is 10.4. The molecule has 2 atom stereocenters. The van der Waals surface area contributed by atoms with Crippen LogP contribution in [0.5, 0.6) is 11.5 Å². The third-order valence-corrected chi connectivity index (χ3v) is 4.94. The van der Waals surface area contributed by atoms with Gasteiger partial charge in [0.2, 0.25) is 0 Å². The first kappa shape index (κ1) is 24.9. The molecule has 2 unspecified atom stereocenters. The second kappa shape index (κ2) is 12.5. The first-order chi connectivity index (χ1) is 14.9. The standard InChI is InChI=1S/C25H34O6/c1-5-14-29-16-22(27)18-31-24-12-8-20(9-13-24)25(2,3)19-6-10-23(11-7-19)30-17-21(26)15-28-4/h5-13,21-22,26-27H,1,14-18H2,2-4H3. The Kier molecular flexibility index (Phi) is 10.0. The average Bonchev–Trinajstić information content (AvgIpc) is 2.77. The summed E-state index contributed by atoms with van der Waals surface area (Å²) in [4.78, 5) is 0. The van der Waals surface area contributed by atoms with E-state index in [1.807, 2.05) is 48.5 Å². The number of aliphatic hydroxyl groups is 2. The van der Waals surface area contributed by atoms with Crippen LogP contribution in [0.25, 0.3) is 0 Å². The van der Waals surface area contributed by atoms with Crippen LogP contribution in [0.4, 0.5) is 0 Å². The lowest BCUT2D eigenvalue weighted by Gasteiger charge is -2.26. The lowest BCUT2D eigenvalue weighted by Crippen LogP contribution is -2.23. The molecule has 31 heavy (non-hydrogen) atoms. The summed E-state index contributed by atoms with van der Waals surface area (Å²) in [5, 5.41) is 19.6. The van der Waals surface area contributed by atoms with E-state index in [1.54, 1.807) is 13.2 Å². The molecule has 0 aliphatic rings. The maximum absolute atomic E-state index is 9.87. The molecule has 2 aromatic carbocycles. The highest BCUT2D eigenvalue weighted by Crippen LogP contribution is 2.33. The van der Waals surface area contributed by atoms with Gasteiger partial charge in [0.25, 0.3) is 0 Å². The third-order valence-electron chi connectivity index (χ3n) is 4.94. The fourth-order valence-corrected chi connectivity index (χ4v) is 3.06. The van der Waals surface area contributed by atoms with Crippen molar-refractivity contribution in [3.63, 3.8) is 0 Å². The van der Waals surface area contributed by atoms with Crippen molar-refractivity contribution in [1.82, 2.24) is 0 Å². The quantitative estimate of drug-likeness (QED) is 0.354. The number of methoxy groups -OCH3 is 1. The van der Waals surface area contributed by atoms with Crippen molar-refractivity contribution in [2.24, 2.45) is 0 Å². The highest BCUT2D eigenvalue weighted by Gasteiger charge is 2.23. The fraction of sp³-hybridized carbons (Fsp3) is 0.440. The van der Waals surface area contributed by atoms with Crippen molar-refractivity contribution in [3.05, 3.63) is 72.3 Å². The number of hydrogen-bond acceptors (Lipinski definition) is 6. The van der Waals surface area contributed by atoms with E-state index >= 15 is 0 Å². The van der Waals surface area contributed by atoms with E-state index in [2.05, 4.69) is 20.4 Å². The first-order valence-electron chi connectivity index (χ1n) is 10.4. The Morgan fingerprint density at radius 1 is 0.806 bits per heavy atom. The lowest BCUT2D eigenvalue weighted by atomic mass is 9.78. The van der Waals surface area contributed by atoms with E-state index in [0.29, 0.717) is 18.1 Å². The van der Waals surface area contributed by atoms with Crippen molar-refractivity contribution < 1.29 is 29.2 Å². The van der Waals surface area contributed by atoms with Crippen molar-refractivity contribution in [2.75, 3.05) is 40.1 Å². The average molecular weight is 431 g/mol.